The van der Waals surface area contributed by atoms with Crippen molar-refractivity contribution in [1.82, 2.24) is 0 Å². The monoisotopic (exact) mass is 295 g/mol. The molecule has 3 nitrogen and oxygen atoms in total. The Kier molecular flexibility index (Phi) is 4.55. The minimum absolute atomic E-state index is 0.141. The van der Waals surface area contributed by atoms with Crippen molar-refractivity contribution < 1.29 is 14.0 Å². The van der Waals surface area contributed by atoms with Crippen molar-refractivity contribution in [3.8, 4) is 0 Å². The largest absolute Gasteiger partial charge is 0.305 e. The fourth-order valence-corrected chi connectivity index (χ4v) is 2.41. The normalized spacial score (nSPS) is 13.8. The van der Waals surface area contributed by atoms with E-state index < -0.39 is 17.5 Å². The highest BCUT2D eigenvalue weighted by Crippen LogP contribution is 2.33. The van der Waals surface area contributed by atoms with Gasteiger partial charge >= 0.3 is 0 Å². The average Bonchev–Trinajstić information content (AvgIpc) is 2.64. The van der Waals surface area contributed by atoms with Crippen LogP contribution in [0.1, 0.15) is 36.0 Å². The lowest BCUT2D eigenvalue weighted by Gasteiger charge is -2.16. The predicted octanol–water partition coefficient (Wildman–Crippen LogP) is 3.75. The van der Waals surface area contributed by atoms with Gasteiger partial charge in [0.2, 0.25) is 0 Å². The van der Waals surface area contributed by atoms with Crippen molar-refractivity contribution in [2.75, 3.05) is 11.4 Å². The van der Waals surface area contributed by atoms with Gasteiger partial charge in [0.05, 0.1) is 16.3 Å². The van der Waals surface area contributed by atoms with Gasteiger partial charge in [0.15, 0.2) is 0 Å². The number of fused-ring (bicyclic) bond motifs is 1. The Balaban J connectivity index is 2.12. The standard InChI is InChI=1S/C15H15ClFNO2/c1-2-3-4-5-6-7-18-13-9-12(17)11(16)8-10(13)14(19)15(18)20/h2,8-9H,1,3-7H2. The molecule has 0 fully saturated rings. The number of unbranched alkanes of at least 4 members (excludes halogenated alkanes) is 3. The maximum absolute atomic E-state index is 13.5. The van der Waals surface area contributed by atoms with Gasteiger partial charge < -0.3 is 4.90 Å². The zero-order valence-electron chi connectivity index (χ0n) is 11.0. The number of nitrogens with zero attached hydrogens (tertiary/aromatic N) is 1. The third-order valence-corrected chi connectivity index (χ3v) is 3.59. The zero-order chi connectivity index (χ0) is 14.7. The molecule has 20 heavy (non-hydrogen) atoms. The van der Waals surface area contributed by atoms with Crippen LogP contribution in [-0.4, -0.2) is 18.2 Å². The Hall–Kier alpha value is -1.68. The molecule has 0 bridgehead atoms. The summed E-state index contributed by atoms with van der Waals surface area (Å²) in [6, 6.07) is 2.38. The minimum atomic E-state index is -0.621. The van der Waals surface area contributed by atoms with E-state index in [1.54, 1.807) is 0 Å². The lowest BCUT2D eigenvalue weighted by atomic mass is 10.1. The highest BCUT2D eigenvalue weighted by molar-refractivity contribution is 6.52. The van der Waals surface area contributed by atoms with Crippen molar-refractivity contribution in [1.29, 1.82) is 0 Å². The van der Waals surface area contributed by atoms with Crippen LogP contribution in [0.4, 0.5) is 10.1 Å². The number of benzene rings is 1. The average molecular weight is 296 g/mol. The zero-order valence-corrected chi connectivity index (χ0v) is 11.8. The molecule has 2 rings (SSSR count). The topological polar surface area (TPSA) is 37.4 Å². The van der Waals surface area contributed by atoms with Crippen molar-refractivity contribution >= 4 is 29.0 Å². The lowest BCUT2D eigenvalue weighted by molar-refractivity contribution is -0.114. The molecule has 1 amide bonds. The Morgan fingerprint density at radius 1 is 1.25 bits per heavy atom. The molecule has 0 unspecified atom stereocenters. The van der Waals surface area contributed by atoms with Gasteiger partial charge in [0.1, 0.15) is 5.82 Å². The van der Waals surface area contributed by atoms with Gasteiger partial charge in [-0.05, 0) is 31.4 Å². The first kappa shape index (κ1) is 14.7. The van der Waals surface area contributed by atoms with Gasteiger partial charge in [-0.15, -0.1) is 6.58 Å². The van der Waals surface area contributed by atoms with E-state index in [0.29, 0.717) is 12.2 Å². The molecule has 1 aromatic carbocycles. The van der Waals surface area contributed by atoms with E-state index in [0.717, 1.165) is 31.7 Å². The first-order valence-electron chi connectivity index (χ1n) is 6.52. The molecule has 0 N–H and O–H groups in total. The molecule has 0 atom stereocenters. The second kappa shape index (κ2) is 6.18. The summed E-state index contributed by atoms with van der Waals surface area (Å²) in [6.07, 6.45) is 5.44. The summed E-state index contributed by atoms with van der Waals surface area (Å²) in [5.41, 5.74) is 0.512. The number of hydrogen-bond acceptors (Lipinski definition) is 2. The molecule has 0 spiro atoms. The number of hydrogen-bond donors (Lipinski definition) is 0. The second-order valence-corrected chi connectivity index (χ2v) is 5.11. The molecule has 0 saturated heterocycles. The highest BCUT2D eigenvalue weighted by Gasteiger charge is 2.36. The van der Waals surface area contributed by atoms with Gasteiger partial charge in [-0.3, -0.25) is 9.59 Å². The molecule has 0 aliphatic carbocycles. The molecule has 1 heterocycles. The maximum Gasteiger partial charge on any atom is 0.299 e. The minimum Gasteiger partial charge on any atom is -0.305 e. The summed E-state index contributed by atoms with van der Waals surface area (Å²) in [7, 11) is 0. The number of halogens is 2. The summed E-state index contributed by atoms with van der Waals surface area (Å²) in [5, 5.41) is -0.141. The number of allylic oxidation sites excluding steroid dienone is 1. The van der Waals surface area contributed by atoms with Gasteiger partial charge in [0.25, 0.3) is 11.7 Å². The SMILES string of the molecule is C=CCCCCCN1C(=O)C(=O)c2cc(Cl)c(F)cc21. The van der Waals surface area contributed by atoms with Crippen LogP contribution in [0.5, 0.6) is 0 Å². The molecule has 5 heteroatoms. The van der Waals surface area contributed by atoms with Gasteiger partial charge in [-0.2, -0.15) is 0 Å². The molecular weight excluding hydrogens is 281 g/mol. The molecule has 0 radical (unpaired) electrons. The molecule has 106 valence electrons. The quantitative estimate of drug-likeness (QED) is 0.455. The van der Waals surface area contributed by atoms with E-state index in [4.69, 9.17) is 11.6 Å². The Bertz CT molecular complexity index is 571. The molecule has 0 aromatic heterocycles. The fraction of sp³-hybridized carbons (Fsp3) is 0.333. The Labute approximate surface area is 122 Å². The maximum atomic E-state index is 13.5. The van der Waals surface area contributed by atoms with Crippen LogP contribution in [0, 0.1) is 5.82 Å². The van der Waals surface area contributed by atoms with E-state index in [1.807, 2.05) is 6.08 Å². The van der Waals surface area contributed by atoms with E-state index >= 15 is 0 Å². The third-order valence-electron chi connectivity index (χ3n) is 3.30. The highest BCUT2D eigenvalue weighted by atomic mass is 35.5. The van der Waals surface area contributed by atoms with Crippen LogP contribution in [0.25, 0.3) is 0 Å². The van der Waals surface area contributed by atoms with Gasteiger partial charge in [0, 0.05) is 6.54 Å². The predicted molar refractivity (Wildman–Crippen MR) is 76.8 cm³/mol. The van der Waals surface area contributed by atoms with E-state index in [2.05, 4.69) is 6.58 Å². The van der Waals surface area contributed by atoms with E-state index in [-0.39, 0.29) is 10.6 Å². The molecule has 1 aliphatic rings. The number of carbonyl (C=O) groups is 2. The molecule has 1 aliphatic heterocycles. The Morgan fingerprint density at radius 2 is 2.00 bits per heavy atom. The summed E-state index contributed by atoms with van der Waals surface area (Å²) in [4.78, 5) is 25.1. The number of Topliss-reactive ketones (excluding diaryl/α,β-unsaturated/α-hetero) is 1. The number of rotatable bonds is 6. The van der Waals surface area contributed by atoms with Crippen molar-refractivity contribution in [2.24, 2.45) is 0 Å². The lowest BCUT2D eigenvalue weighted by Crippen LogP contribution is -2.30. The first-order valence-corrected chi connectivity index (χ1v) is 6.90. The fourth-order valence-electron chi connectivity index (χ4n) is 2.25. The Morgan fingerprint density at radius 3 is 2.70 bits per heavy atom. The summed E-state index contributed by atoms with van der Waals surface area (Å²) < 4.78 is 13.5. The second-order valence-electron chi connectivity index (χ2n) is 4.71. The number of amides is 1. The number of anilines is 1. The van der Waals surface area contributed by atoms with Crippen molar-refractivity contribution in [3.63, 3.8) is 0 Å². The van der Waals surface area contributed by atoms with Crippen LogP contribution >= 0.6 is 11.6 Å². The van der Waals surface area contributed by atoms with Crippen LogP contribution < -0.4 is 4.90 Å². The van der Waals surface area contributed by atoms with Gasteiger partial charge in [-0.1, -0.05) is 24.1 Å². The van der Waals surface area contributed by atoms with E-state index in [1.165, 1.54) is 11.0 Å². The first-order chi connectivity index (χ1) is 9.56. The van der Waals surface area contributed by atoms with Crippen LogP contribution in [0.15, 0.2) is 24.8 Å². The molecule has 0 saturated carbocycles. The molecular formula is C15H15ClFNO2. The summed E-state index contributed by atoms with van der Waals surface area (Å²) in [6.45, 7) is 4.05. The number of ketones is 1. The summed E-state index contributed by atoms with van der Waals surface area (Å²) >= 11 is 5.65. The molecule has 1 aromatic rings. The van der Waals surface area contributed by atoms with Crippen LogP contribution in [0.2, 0.25) is 5.02 Å². The summed E-state index contributed by atoms with van der Waals surface area (Å²) in [5.74, 6) is -1.84. The van der Waals surface area contributed by atoms with Crippen molar-refractivity contribution in [2.45, 2.75) is 25.7 Å². The number of carbonyl (C=O) groups excluding carboxylic acids is 2. The van der Waals surface area contributed by atoms with Crippen molar-refractivity contribution in [3.05, 3.63) is 41.2 Å². The van der Waals surface area contributed by atoms with Crippen LogP contribution in [0.3, 0.4) is 0 Å². The van der Waals surface area contributed by atoms with Gasteiger partial charge in [-0.25, -0.2) is 4.39 Å². The third kappa shape index (κ3) is 2.75. The van der Waals surface area contributed by atoms with Crippen LogP contribution in [-0.2, 0) is 4.79 Å². The van der Waals surface area contributed by atoms with E-state index in [9.17, 15) is 14.0 Å². The smallest absolute Gasteiger partial charge is 0.299 e.